The fourth-order valence-electron chi connectivity index (χ4n) is 4.45. The molecule has 0 unspecified atom stereocenters. The summed E-state index contributed by atoms with van der Waals surface area (Å²) in [5.41, 5.74) is -0.202. The zero-order chi connectivity index (χ0) is 15.4. The molecule has 3 fully saturated rings. The van der Waals surface area contributed by atoms with Gasteiger partial charge < -0.3 is 15.5 Å². The number of rotatable bonds is 4. The molecule has 5 heteroatoms. The van der Waals surface area contributed by atoms with Crippen LogP contribution in [0.15, 0.2) is 0 Å². The minimum Gasteiger partial charge on any atom is -0.355 e. The Morgan fingerprint density at radius 3 is 2.77 bits per heavy atom. The first-order chi connectivity index (χ1) is 10.7. The van der Waals surface area contributed by atoms with Gasteiger partial charge in [-0.1, -0.05) is 12.8 Å². The van der Waals surface area contributed by atoms with E-state index in [4.69, 9.17) is 0 Å². The lowest BCUT2D eigenvalue weighted by molar-refractivity contribution is -0.134. The topological polar surface area (TPSA) is 61.4 Å². The third-order valence-corrected chi connectivity index (χ3v) is 5.82. The number of carbonyl (C=O) groups excluding carboxylic acids is 2. The molecule has 0 aromatic carbocycles. The van der Waals surface area contributed by atoms with Crippen LogP contribution in [0.4, 0.5) is 0 Å². The van der Waals surface area contributed by atoms with Crippen LogP contribution in [0.25, 0.3) is 0 Å². The fourth-order valence-corrected chi connectivity index (χ4v) is 4.45. The number of likely N-dealkylation sites (tertiary alicyclic amines) is 1. The normalized spacial score (nSPS) is 31.6. The highest BCUT2D eigenvalue weighted by Gasteiger charge is 2.49. The molecule has 2 atom stereocenters. The van der Waals surface area contributed by atoms with Crippen molar-refractivity contribution < 1.29 is 9.59 Å². The van der Waals surface area contributed by atoms with Crippen molar-refractivity contribution >= 4 is 11.8 Å². The van der Waals surface area contributed by atoms with Gasteiger partial charge in [0.2, 0.25) is 11.8 Å². The van der Waals surface area contributed by atoms with Crippen LogP contribution < -0.4 is 10.6 Å². The van der Waals surface area contributed by atoms with E-state index in [0.29, 0.717) is 18.9 Å². The van der Waals surface area contributed by atoms with Crippen LogP contribution >= 0.6 is 0 Å². The summed E-state index contributed by atoms with van der Waals surface area (Å²) < 4.78 is 0. The van der Waals surface area contributed by atoms with E-state index < -0.39 is 0 Å². The first-order valence-electron chi connectivity index (χ1n) is 8.99. The van der Waals surface area contributed by atoms with E-state index in [9.17, 15) is 9.59 Å². The molecule has 22 heavy (non-hydrogen) atoms. The van der Waals surface area contributed by atoms with Gasteiger partial charge in [-0.15, -0.1) is 0 Å². The van der Waals surface area contributed by atoms with Crippen LogP contribution in [-0.4, -0.2) is 49.4 Å². The summed E-state index contributed by atoms with van der Waals surface area (Å²) in [4.78, 5) is 26.8. The minimum atomic E-state index is -0.202. The van der Waals surface area contributed by atoms with E-state index in [2.05, 4.69) is 10.6 Å². The quantitative estimate of drug-likeness (QED) is 0.822. The number of hydrogen-bond donors (Lipinski definition) is 2. The molecule has 3 rings (SSSR count). The van der Waals surface area contributed by atoms with Crippen molar-refractivity contribution in [2.24, 2.45) is 11.3 Å². The summed E-state index contributed by atoms with van der Waals surface area (Å²) in [5, 5.41) is 6.46. The Kier molecular flexibility index (Phi) is 5.01. The van der Waals surface area contributed by atoms with E-state index in [0.717, 1.165) is 58.3 Å². The molecular formula is C17H29N3O2. The molecule has 0 radical (unpaired) electrons. The summed E-state index contributed by atoms with van der Waals surface area (Å²) >= 11 is 0. The smallest absolute Gasteiger partial charge is 0.227 e. The number of hydrogen-bond acceptors (Lipinski definition) is 3. The van der Waals surface area contributed by atoms with Crippen LogP contribution in [0.1, 0.15) is 51.4 Å². The van der Waals surface area contributed by atoms with Crippen LogP contribution in [0.3, 0.4) is 0 Å². The molecule has 2 heterocycles. The molecule has 0 bridgehead atoms. The first kappa shape index (κ1) is 15.8. The maximum absolute atomic E-state index is 12.7. The maximum Gasteiger partial charge on any atom is 0.227 e. The molecule has 2 aliphatic heterocycles. The highest BCUT2D eigenvalue weighted by molar-refractivity contribution is 5.84. The highest BCUT2D eigenvalue weighted by Crippen LogP contribution is 2.43. The van der Waals surface area contributed by atoms with Gasteiger partial charge in [0.1, 0.15) is 0 Å². The second kappa shape index (κ2) is 6.99. The Labute approximate surface area is 133 Å². The number of nitrogens with zero attached hydrogens (tertiary/aromatic N) is 1. The van der Waals surface area contributed by atoms with Gasteiger partial charge >= 0.3 is 0 Å². The summed E-state index contributed by atoms with van der Waals surface area (Å²) in [5.74, 6) is 0.856. The molecule has 5 nitrogen and oxygen atoms in total. The molecule has 3 aliphatic rings. The Bertz CT molecular complexity index is 420. The lowest BCUT2D eigenvalue weighted by atomic mass is 9.67. The molecule has 0 aromatic rings. The number of carbonyl (C=O) groups is 2. The monoisotopic (exact) mass is 307 g/mol. The second-order valence-electron chi connectivity index (χ2n) is 7.18. The maximum atomic E-state index is 12.7. The van der Waals surface area contributed by atoms with Gasteiger partial charge in [-0.2, -0.15) is 0 Å². The van der Waals surface area contributed by atoms with Crippen LogP contribution in [0, 0.1) is 11.3 Å². The largest absolute Gasteiger partial charge is 0.355 e. The second-order valence-corrected chi connectivity index (χ2v) is 7.18. The SMILES string of the molecule is O=C(CCNC(=O)[C@@]12CCCC[C@H]1CNC2)N1CCCCC1. The average Bonchev–Trinajstić information content (AvgIpc) is 3.00. The number of fused-ring (bicyclic) bond motifs is 1. The summed E-state index contributed by atoms with van der Waals surface area (Å²) in [6.45, 7) is 4.05. The van der Waals surface area contributed by atoms with E-state index in [1.54, 1.807) is 0 Å². The van der Waals surface area contributed by atoms with E-state index in [-0.39, 0.29) is 17.2 Å². The predicted molar refractivity (Wildman–Crippen MR) is 85.3 cm³/mol. The average molecular weight is 307 g/mol. The molecule has 1 aliphatic carbocycles. The molecule has 0 aromatic heterocycles. The molecule has 1 saturated carbocycles. The summed E-state index contributed by atoms with van der Waals surface area (Å²) in [6, 6.07) is 0. The number of amides is 2. The van der Waals surface area contributed by atoms with Crippen molar-refractivity contribution in [2.45, 2.75) is 51.4 Å². The Morgan fingerprint density at radius 2 is 1.95 bits per heavy atom. The predicted octanol–water partition coefficient (Wildman–Crippen LogP) is 1.29. The third-order valence-electron chi connectivity index (χ3n) is 5.82. The summed E-state index contributed by atoms with van der Waals surface area (Å²) in [6.07, 6.45) is 8.47. The van der Waals surface area contributed by atoms with E-state index >= 15 is 0 Å². The molecule has 2 amide bonds. The van der Waals surface area contributed by atoms with Crippen molar-refractivity contribution in [3.8, 4) is 0 Å². The van der Waals surface area contributed by atoms with Gasteiger partial charge in [0.25, 0.3) is 0 Å². The van der Waals surface area contributed by atoms with Gasteiger partial charge in [-0.3, -0.25) is 9.59 Å². The van der Waals surface area contributed by atoms with Crippen molar-refractivity contribution in [3.63, 3.8) is 0 Å². The fraction of sp³-hybridized carbons (Fsp3) is 0.882. The Balaban J connectivity index is 1.46. The molecular weight excluding hydrogens is 278 g/mol. The number of nitrogens with one attached hydrogen (secondary N) is 2. The Hall–Kier alpha value is -1.10. The van der Waals surface area contributed by atoms with Crippen LogP contribution in [0.5, 0.6) is 0 Å². The zero-order valence-corrected chi connectivity index (χ0v) is 13.5. The summed E-state index contributed by atoms with van der Waals surface area (Å²) in [7, 11) is 0. The van der Waals surface area contributed by atoms with Crippen molar-refractivity contribution in [1.82, 2.24) is 15.5 Å². The highest BCUT2D eigenvalue weighted by atomic mass is 16.2. The first-order valence-corrected chi connectivity index (χ1v) is 8.99. The molecule has 0 spiro atoms. The molecule has 2 saturated heterocycles. The van der Waals surface area contributed by atoms with Gasteiger partial charge in [-0.25, -0.2) is 0 Å². The van der Waals surface area contributed by atoms with Gasteiger partial charge in [0.05, 0.1) is 5.41 Å². The lowest BCUT2D eigenvalue weighted by Crippen LogP contribution is -2.48. The van der Waals surface area contributed by atoms with Crippen molar-refractivity contribution in [1.29, 1.82) is 0 Å². The zero-order valence-electron chi connectivity index (χ0n) is 13.5. The van der Waals surface area contributed by atoms with E-state index in [1.807, 2.05) is 4.90 Å². The Morgan fingerprint density at radius 1 is 1.14 bits per heavy atom. The lowest BCUT2D eigenvalue weighted by Gasteiger charge is -2.37. The van der Waals surface area contributed by atoms with Gasteiger partial charge in [0.15, 0.2) is 0 Å². The number of piperidine rings is 1. The molecule has 124 valence electrons. The van der Waals surface area contributed by atoms with Crippen molar-refractivity contribution in [3.05, 3.63) is 0 Å². The van der Waals surface area contributed by atoms with E-state index in [1.165, 1.54) is 12.8 Å². The minimum absolute atomic E-state index is 0.175. The van der Waals surface area contributed by atoms with Crippen LogP contribution in [-0.2, 0) is 9.59 Å². The van der Waals surface area contributed by atoms with Gasteiger partial charge in [0, 0.05) is 32.6 Å². The van der Waals surface area contributed by atoms with Crippen molar-refractivity contribution in [2.75, 3.05) is 32.7 Å². The third kappa shape index (κ3) is 3.14. The van der Waals surface area contributed by atoms with Gasteiger partial charge in [-0.05, 0) is 44.6 Å². The standard InChI is InChI=1S/C17H29N3O2/c21-15(20-10-4-1-5-11-20)7-9-19-16(22)17-8-3-2-6-14(17)12-18-13-17/h14,18H,1-13H2,(H,19,22)/t14-,17+/m0/s1. The van der Waals surface area contributed by atoms with Crippen LogP contribution in [0.2, 0.25) is 0 Å². The molecule has 2 N–H and O–H groups in total.